The van der Waals surface area contributed by atoms with Gasteiger partial charge in [-0.1, -0.05) is 30.3 Å². The number of carbonyl (C=O) groups excluding carboxylic acids is 1. The van der Waals surface area contributed by atoms with Crippen LogP contribution in [0.3, 0.4) is 0 Å². The SMILES string of the molecule is CC(=O)Oc1cc2c(=O)[nH]cnc2cc1OCc1ccccc1. The van der Waals surface area contributed by atoms with Gasteiger partial charge < -0.3 is 14.5 Å². The minimum absolute atomic E-state index is 0.194. The zero-order valence-electron chi connectivity index (χ0n) is 12.4. The van der Waals surface area contributed by atoms with Gasteiger partial charge in [-0.15, -0.1) is 0 Å². The van der Waals surface area contributed by atoms with E-state index in [1.54, 1.807) is 6.07 Å². The van der Waals surface area contributed by atoms with Gasteiger partial charge in [0, 0.05) is 13.0 Å². The molecular weight excluding hydrogens is 296 g/mol. The molecule has 3 aromatic rings. The molecule has 0 radical (unpaired) electrons. The molecule has 0 atom stereocenters. The molecule has 0 saturated carbocycles. The number of carbonyl (C=O) groups is 1. The molecule has 23 heavy (non-hydrogen) atoms. The van der Waals surface area contributed by atoms with Crippen LogP contribution in [0.1, 0.15) is 12.5 Å². The van der Waals surface area contributed by atoms with Crippen LogP contribution in [0.25, 0.3) is 10.9 Å². The maximum atomic E-state index is 11.8. The number of nitrogens with zero attached hydrogens (tertiary/aromatic N) is 1. The zero-order valence-corrected chi connectivity index (χ0v) is 12.4. The van der Waals surface area contributed by atoms with Gasteiger partial charge in [0.2, 0.25) is 0 Å². The Balaban J connectivity index is 1.99. The van der Waals surface area contributed by atoms with Crippen molar-refractivity contribution >= 4 is 16.9 Å². The van der Waals surface area contributed by atoms with Crippen LogP contribution in [0, 0.1) is 0 Å². The lowest BCUT2D eigenvalue weighted by molar-refractivity contribution is -0.132. The van der Waals surface area contributed by atoms with Crippen LogP contribution >= 0.6 is 0 Å². The first-order valence-electron chi connectivity index (χ1n) is 7.00. The molecule has 6 nitrogen and oxygen atoms in total. The molecule has 2 aromatic carbocycles. The Bertz CT molecular complexity index is 903. The fourth-order valence-corrected chi connectivity index (χ4v) is 2.16. The number of hydrogen-bond acceptors (Lipinski definition) is 5. The lowest BCUT2D eigenvalue weighted by atomic mass is 10.2. The Hall–Kier alpha value is -3.15. The average molecular weight is 310 g/mol. The number of benzene rings is 2. The van der Waals surface area contributed by atoms with Crippen LogP contribution < -0.4 is 15.0 Å². The summed E-state index contributed by atoms with van der Waals surface area (Å²) in [4.78, 5) is 29.7. The molecule has 3 rings (SSSR count). The van der Waals surface area contributed by atoms with E-state index in [-0.39, 0.29) is 11.3 Å². The summed E-state index contributed by atoms with van der Waals surface area (Å²) in [7, 11) is 0. The van der Waals surface area contributed by atoms with Crippen molar-refractivity contribution in [3.05, 3.63) is 64.7 Å². The van der Waals surface area contributed by atoms with Gasteiger partial charge in [0.15, 0.2) is 11.5 Å². The first-order valence-corrected chi connectivity index (χ1v) is 7.00. The van der Waals surface area contributed by atoms with Gasteiger partial charge >= 0.3 is 5.97 Å². The summed E-state index contributed by atoms with van der Waals surface area (Å²) in [5.41, 5.74) is 1.13. The fraction of sp³-hybridized carbons (Fsp3) is 0.118. The molecule has 1 aromatic heterocycles. The van der Waals surface area contributed by atoms with Gasteiger partial charge in [0.25, 0.3) is 5.56 Å². The summed E-state index contributed by atoms with van der Waals surface area (Å²) in [6.45, 7) is 1.60. The fourth-order valence-electron chi connectivity index (χ4n) is 2.16. The summed E-state index contributed by atoms with van der Waals surface area (Å²) < 4.78 is 10.9. The molecule has 0 unspecified atom stereocenters. The van der Waals surface area contributed by atoms with E-state index in [1.165, 1.54) is 19.3 Å². The van der Waals surface area contributed by atoms with Crippen LogP contribution in [0.15, 0.2) is 53.6 Å². The molecule has 0 aliphatic carbocycles. The summed E-state index contributed by atoms with van der Waals surface area (Å²) in [5.74, 6) is 0.0586. The number of fused-ring (bicyclic) bond motifs is 1. The molecule has 1 heterocycles. The molecule has 0 amide bonds. The molecule has 0 spiro atoms. The first kappa shape index (κ1) is 14.8. The smallest absolute Gasteiger partial charge is 0.308 e. The summed E-state index contributed by atoms with van der Waals surface area (Å²) in [6.07, 6.45) is 1.32. The van der Waals surface area contributed by atoms with Gasteiger partial charge in [-0.3, -0.25) is 9.59 Å². The maximum absolute atomic E-state index is 11.8. The highest BCUT2D eigenvalue weighted by molar-refractivity contribution is 5.83. The predicted octanol–water partition coefficient (Wildman–Crippen LogP) is 2.43. The van der Waals surface area contributed by atoms with E-state index in [0.717, 1.165) is 5.56 Å². The molecule has 0 saturated heterocycles. The van der Waals surface area contributed by atoms with Crippen LogP contribution in [-0.2, 0) is 11.4 Å². The van der Waals surface area contributed by atoms with E-state index in [2.05, 4.69) is 9.97 Å². The Morgan fingerprint density at radius 2 is 1.96 bits per heavy atom. The highest BCUT2D eigenvalue weighted by Gasteiger charge is 2.12. The Morgan fingerprint density at radius 1 is 1.17 bits per heavy atom. The highest BCUT2D eigenvalue weighted by atomic mass is 16.6. The van der Waals surface area contributed by atoms with Crippen molar-refractivity contribution in [2.24, 2.45) is 0 Å². The largest absolute Gasteiger partial charge is 0.485 e. The monoisotopic (exact) mass is 310 g/mol. The number of nitrogens with one attached hydrogen (secondary N) is 1. The Kier molecular flexibility index (Phi) is 4.05. The average Bonchev–Trinajstić information content (AvgIpc) is 2.54. The number of hydrogen-bond donors (Lipinski definition) is 1. The van der Waals surface area contributed by atoms with Crippen molar-refractivity contribution in [3.8, 4) is 11.5 Å². The van der Waals surface area contributed by atoms with Gasteiger partial charge in [0.1, 0.15) is 6.61 Å². The van der Waals surface area contributed by atoms with E-state index in [0.29, 0.717) is 23.3 Å². The van der Waals surface area contributed by atoms with Crippen LogP contribution in [0.4, 0.5) is 0 Å². The number of esters is 1. The zero-order chi connectivity index (χ0) is 16.2. The second-order valence-electron chi connectivity index (χ2n) is 4.92. The molecule has 116 valence electrons. The van der Waals surface area contributed by atoms with Crippen molar-refractivity contribution in [1.82, 2.24) is 9.97 Å². The van der Waals surface area contributed by atoms with Crippen molar-refractivity contribution < 1.29 is 14.3 Å². The van der Waals surface area contributed by atoms with Gasteiger partial charge in [0.05, 0.1) is 17.2 Å². The minimum atomic E-state index is -0.491. The third kappa shape index (κ3) is 3.37. The summed E-state index contributed by atoms with van der Waals surface area (Å²) in [5, 5.41) is 0.329. The van der Waals surface area contributed by atoms with E-state index in [1.807, 2.05) is 30.3 Å². The second kappa shape index (κ2) is 6.31. The molecule has 0 fully saturated rings. The Morgan fingerprint density at radius 3 is 2.70 bits per heavy atom. The molecule has 6 heteroatoms. The standard InChI is InChI=1S/C17H14N2O4/c1-11(20)23-16-7-13-14(18-10-19-17(13)21)8-15(16)22-9-12-5-3-2-4-6-12/h2-8,10H,9H2,1H3,(H,18,19,21). The molecule has 0 bridgehead atoms. The molecule has 1 N–H and O–H groups in total. The second-order valence-corrected chi connectivity index (χ2v) is 4.92. The van der Waals surface area contributed by atoms with Crippen LogP contribution in [0.5, 0.6) is 11.5 Å². The topological polar surface area (TPSA) is 81.3 Å². The summed E-state index contributed by atoms with van der Waals surface area (Å²) in [6, 6.07) is 12.6. The van der Waals surface area contributed by atoms with Crippen molar-refractivity contribution in [2.45, 2.75) is 13.5 Å². The van der Waals surface area contributed by atoms with Crippen molar-refractivity contribution in [1.29, 1.82) is 0 Å². The number of aromatic amines is 1. The van der Waals surface area contributed by atoms with E-state index in [4.69, 9.17) is 9.47 Å². The van der Waals surface area contributed by atoms with Crippen molar-refractivity contribution in [3.63, 3.8) is 0 Å². The lowest BCUT2D eigenvalue weighted by Gasteiger charge is -2.12. The third-order valence-corrected chi connectivity index (χ3v) is 3.20. The van der Waals surface area contributed by atoms with Gasteiger partial charge in [-0.25, -0.2) is 4.98 Å². The van der Waals surface area contributed by atoms with Crippen LogP contribution in [-0.4, -0.2) is 15.9 Å². The Labute approximate surface area is 131 Å². The molecule has 0 aliphatic rings. The maximum Gasteiger partial charge on any atom is 0.308 e. The van der Waals surface area contributed by atoms with E-state index < -0.39 is 5.97 Å². The van der Waals surface area contributed by atoms with Gasteiger partial charge in [-0.2, -0.15) is 0 Å². The lowest BCUT2D eigenvalue weighted by Crippen LogP contribution is -2.09. The summed E-state index contributed by atoms with van der Waals surface area (Å²) >= 11 is 0. The predicted molar refractivity (Wildman–Crippen MR) is 84.4 cm³/mol. The van der Waals surface area contributed by atoms with Crippen LogP contribution in [0.2, 0.25) is 0 Å². The quantitative estimate of drug-likeness (QED) is 0.591. The minimum Gasteiger partial charge on any atom is -0.485 e. The number of rotatable bonds is 4. The van der Waals surface area contributed by atoms with Crippen molar-refractivity contribution in [2.75, 3.05) is 0 Å². The first-order chi connectivity index (χ1) is 11.1. The molecule has 0 aliphatic heterocycles. The third-order valence-electron chi connectivity index (χ3n) is 3.20. The number of ether oxygens (including phenoxy) is 2. The normalized spacial score (nSPS) is 10.5. The highest BCUT2D eigenvalue weighted by Crippen LogP contribution is 2.31. The van der Waals surface area contributed by atoms with E-state index in [9.17, 15) is 9.59 Å². The number of H-pyrrole nitrogens is 1. The molecular formula is C17H14N2O4. The number of aromatic nitrogens is 2. The van der Waals surface area contributed by atoms with Gasteiger partial charge in [-0.05, 0) is 11.6 Å². The van der Waals surface area contributed by atoms with E-state index >= 15 is 0 Å².